The third kappa shape index (κ3) is 3.08. The van der Waals surface area contributed by atoms with Crippen molar-refractivity contribution in [3.63, 3.8) is 0 Å². The lowest BCUT2D eigenvalue weighted by Crippen LogP contribution is -2.05. The molecule has 0 heterocycles. The summed E-state index contributed by atoms with van der Waals surface area (Å²) < 4.78 is 24.0. The van der Waals surface area contributed by atoms with Gasteiger partial charge in [0.25, 0.3) is 0 Å². The molecule has 0 aliphatic rings. The molecular weight excluding hydrogens is 339 g/mol. The summed E-state index contributed by atoms with van der Waals surface area (Å²) in [6.45, 7) is 1.89. The minimum absolute atomic E-state index is 0.195. The second kappa shape index (κ2) is 6.26. The molecule has 0 unspecified atom stereocenters. The van der Waals surface area contributed by atoms with Crippen molar-refractivity contribution in [3.05, 3.63) is 57.3 Å². The molecule has 0 amide bonds. The Morgan fingerprint density at radius 2 is 1.76 bits per heavy atom. The summed E-state index contributed by atoms with van der Waals surface area (Å²) in [6.07, 6.45) is 0. The van der Waals surface area contributed by atoms with Gasteiger partial charge in [-0.15, -0.1) is 0 Å². The van der Waals surface area contributed by atoms with Crippen molar-refractivity contribution >= 4 is 21.7 Å². The maximum Gasteiger partial charge on any atom is 0.196 e. The molecule has 2 aromatic carbocycles. The predicted molar refractivity (Wildman–Crippen MR) is 81.8 cm³/mol. The molecule has 3 nitrogen and oxygen atoms in total. The van der Waals surface area contributed by atoms with Gasteiger partial charge in [-0.05, 0) is 40.5 Å². The minimum atomic E-state index is -0.482. The topological polar surface area (TPSA) is 35.5 Å². The fourth-order valence-corrected chi connectivity index (χ4v) is 2.34. The van der Waals surface area contributed by atoms with Crippen LogP contribution in [0.4, 0.5) is 4.39 Å². The number of ketones is 1. The van der Waals surface area contributed by atoms with Gasteiger partial charge in [0.2, 0.25) is 0 Å². The Labute approximate surface area is 130 Å². The van der Waals surface area contributed by atoms with Crippen molar-refractivity contribution in [1.82, 2.24) is 0 Å². The van der Waals surface area contributed by atoms with E-state index < -0.39 is 5.82 Å². The highest BCUT2D eigenvalue weighted by atomic mass is 79.9. The second-order valence-corrected chi connectivity index (χ2v) is 5.33. The van der Waals surface area contributed by atoms with E-state index in [-0.39, 0.29) is 21.6 Å². The quantitative estimate of drug-likeness (QED) is 0.775. The fourth-order valence-electron chi connectivity index (χ4n) is 1.99. The molecule has 0 radical (unpaired) electrons. The first-order valence-corrected chi connectivity index (χ1v) is 6.99. The molecule has 0 fully saturated rings. The Balaban J connectivity index is 2.52. The lowest BCUT2D eigenvalue weighted by molar-refractivity contribution is 0.103. The van der Waals surface area contributed by atoms with Crippen LogP contribution in [0.25, 0.3) is 0 Å². The first-order chi connectivity index (χ1) is 9.97. The van der Waals surface area contributed by atoms with Gasteiger partial charge in [-0.1, -0.05) is 12.1 Å². The van der Waals surface area contributed by atoms with Crippen LogP contribution in [0.1, 0.15) is 21.5 Å². The van der Waals surface area contributed by atoms with E-state index >= 15 is 0 Å². The summed E-state index contributed by atoms with van der Waals surface area (Å²) in [6, 6.07) is 7.77. The minimum Gasteiger partial charge on any atom is -0.496 e. The van der Waals surface area contributed by atoms with Crippen molar-refractivity contribution in [3.8, 4) is 11.5 Å². The monoisotopic (exact) mass is 352 g/mol. The normalized spacial score (nSPS) is 10.3. The largest absolute Gasteiger partial charge is 0.496 e. The number of hydrogen-bond donors (Lipinski definition) is 0. The average Bonchev–Trinajstić information content (AvgIpc) is 2.49. The van der Waals surface area contributed by atoms with Crippen LogP contribution in [-0.4, -0.2) is 20.0 Å². The van der Waals surface area contributed by atoms with Crippen molar-refractivity contribution in [2.45, 2.75) is 6.92 Å². The average molecular weight is 353 g/mol. The number of carbonyl (C=O) groups is 1. The molecule has 0 saturated heterocycles. The Morgan fingerprint density at radius 1 is 1.10 bits per heavy atom. The number of benzene rings is 2. The van der Waals surface area contributed by atoms with E-state index in [9.17, 15) is 9.18 Å². The van der Waals surface area contributed by atoms with Gasteiger partial charge in [0.1, 0.15) is 17.3 Å². The Morgan fingerprint density at radius 3 is 2.38 bits per heavy atom. The summed E-state index contributed by atoms with van der Waals surface area (Å²) in [5.74, 6) is 0.0805. The van der Waals surface area contributed by atoms with Gasteiger partial charge in [0.15, 0.2) is 5.78 Å². The molecule has 5 heteroatoms. The van der Waals surface area contributed by atoms with E-state index in [1.165, 1.54) is 19.2 Å². The first-order valence-electron chi connectivity index (χ1n) is 6.20. The molecule has 0 N–H and O–H groups in total. The number of rotatable bonds is 4. The van der Waals surface area contributed by atoms with Gasteiger partial charge in [-0.3, -0.25) is 4.79 Å². The summed E-state index contributed by atoms with van der Waals surface area (Å²) in [7, 11) is 2.95. The number of aryl methyl sites for hydroxylation is 1. The van der Waals surface area contributed by atoms with E-state index in [1.807, 2.05) is 6.92 Å². The SMILES string of the molecule is COc1cc(C(=O)c2cc(Br)c(F)cc2OC)ccc1C. The van der Waals surface area contributed by atoms with E-state index in [1.54, 1.807) is 25.3 Å². The molecule has 0 aliphatic carbocycles. The van der Waals surface area contributed by atoms with Crippen LogP contribution in [0.3, 0.4) is 0 Å². The van der Waals surface area contributed by atoms with Crippen LogP contribution >= 0.6 is 15.9 Å². The van der Waals surface area contributed by atoms with Gasteiger partial charge in [0.05, 0.1) is 24.3 Å². The highest BCUT2D eigenvalue weighted by Crippen LogP contribution is 2.29. The second-order valence-electron chi connectivity index (χ2n) is 4.48. The van der Waals surface area contributed by atoms with Crippen LogP contribution in [0.5, 0.6) is 11.5 Å². The third-order valence-corrected chi connectivity index (χ3v) is 3.76. The van der Waals surface area contributed by atoms with Gasteiger partial charge in [-0.2, -0.15) is 0 Å². The number of methoxy groups -OCH3 is 2. The van der Waals surface area contributed by atoms with Gasteiger partial charge in [0, 0.05) is 11.6 Å². The molecule has 0 spiro atoms. The molecule has 110 valence electrons. The lowest BCUT2D eigenvalue weighted by atomic mass is 10.0. The van der Waals surface area contributed by atoms with E-state index in [4.69, 9.17) is 9.47 Å². The summed E-state index contributed by atoms with van der Waals surface area (Å²) in [4.78, 5) is 12.6. The Hall–Kier alpha value is -1.88. The molecule has 0 atom stereocenters. The molecule has 0 aliphatic heterocycles. The Bertz CT molecular complexity index is 698. The maximum atomic E-state index is 13.5. The smallest absolute Gasteiger partial charge is 0.196 e. The third-order valence-electron chi connectivity index (χ3n) is 3.16. The van der Waals surface area contributed by atoms with Gasteiger partial charge in [-0.25, -0.2) is 4.39 Å². The predicted octanol–water partition coefficient (Wildman–Crippen LogP) is 4.14. The molecule has 0 aromatic heterocycles. The molecule has 2 rings (SSSR count). The van der Waals surface area contributed by atoms with E-state index in [2.05, 4.69) is 15.9 Å². The highest BCUT2D eigenvalue weighted by Gasteiger charge is 2.18. The zero-order valence-corrected chi connectivity index (χ0v) is 13.5. The molecule has 0 bridgehead atoms. The van der Waals surface area contributed by atoms with Crippen LogP contribution in [0.2, 0.25) is 0 Å². The van der Waals surface area contributed by atoms with Crippen LogP contribution < -0.4 is 9.47 Å². The number of halogens is 2. The van der Waals surface area contributed by atoms with Crippen LogP contribution in [0, 0.1) is 12.7 Å². The fraction of sp³-hybridized carbons (Fsp3) is 0.188. The summed E-state index contributed by atoms with van der Waals surface area (Å²) >= 11 is 3.08. The molecule has 2 aromatic rings. The Kier molecular flexibility index (Phi) is 4.63. The molecule has 0 saturated carbocycles. The number of hydrogen-bond acceptors (Lipinski definition) is 3. The number of ether oxygens (including phenoxy) is 2. The highest BCUT2D eigenvalue weighted by molar-refractivity contribution is 9.10. The summed E-state index contributed by atoms with van der Waals surface area (Å²) in [5, 5.41) is 0. The number of carbonyl (C=O) groups excluding carboxylic acids is 1. The molecule has 21 heavy (non-hydrogen) atoms. The van der Waals surface area contributed by atoms with Crippen molar-refractivity contribution in [2.24, 2.45) is 0 Å². The van der Waals surface area contributed by atoms with Gasteiger partial charge < -0.3 is 9.47 Å². The van der Waals surface area contributed by atoms with Crippen molar-refractivity contribution in [1.29, 1.82) is 0 Å². The van der Waals surface area contributed by atoms with Crippen molar-refractivity contribution < 1.29 is 18.7 Å². The van der Waals surface area contributed by atoms with Crippen LogP contribution in [0.15, 0.2) is 34.8 Å². The van der Waals surface area contributed by atoms with E-state index in [0.717, 1.165) is 5.56 Å². The van der Waals surface area contributed by atoms with E-state index in [0.29, 0.717) is 11.3 Å². The first kappa shape index (κ1) is 15.5. The molecular formula is C16H14BrFO3. The van der Waals surface area contributed by atoms with Crippen molar-refractivity contribution in [2.75, 3.05) is 14.2 Å². The maximum absolute atomic E-state index is 13.5. The summed E-state index contributed by atoms with van der Waals surface area (Å²) in [5.41, 5.74) is 1.67. The standard InChI is InChI=1S/C16H14BrFO3/c1-9-4-5-10(6-14(9)20-2)16(19)11-7-12(17)13(18)8-15(11)21-3/h4-8H,1-3H3. The zero-order chi connectivity index (χ0) is 15.6. The van der Waals surface area contributed by atoms with Crippen LogP contribution in [-0.2, 0) is 0 Å². The van der Waals surface area contributed by atoms with Gasteiger partial charge >= 0.3 is 0 Å². The zero-order valence-electron chi connectivity index (χ0n) is 11.9. The lowest BCUT2D eigenvalue weighted by Gasteiger charge is -2.11.